The van der Waals surface area contributed by atoms with Crippen molar-refractivity contribution in [2.75, 3.05) is 6.61 Å². The second-order valence-corrected chi connectivity index (χ2v) is 4.41. The topological polar surface area (TPSA) is 26.3 Å². The molecule has 0 amide bonds. The first kappa shape index (κ1) is 14.1. The van der Waals surface area contributed by atoms with Crippen LogP contribution in [0.4, 0.5) is 8.78 Å². The zero-order valence-electron chi connectivity index (χ0n) is 9.38. The van der Waals surface area contributed by atoms with Gasteiger partial charge in [0.25, 0.3) is 6.43 Å². The lowest BCUT2D eigenvalue weighted by atomic mass is 10.1. The quantitative estimate of drug-likeness (QED) is 0.772. The highest BCUT2D eigenvalue weighted by molar-refractivity contribution is 9.10. The van der Waals surface area contributed by atoms with Gasteiger partial charge in [0.15, 0.2) is 0 Å². The van der Waals surface area contributed by atoms with Crippen LogP contribution in [0.3, 0.4) is 0 Å². The maximum absolute atomic E-state index is 12.5. The summed E-state index contributed by atoms with van der Waals surface area (Å²) < 4.78 is 30.4. The van der Waals surface area contributed by atoms with Crippen LogP contribution in [-0.4, -0.2) is 12.6 Å². The van der Waals surface area contributed by atoms with Crippen LogP contribution in [0.2, 0.25) is 0 Å². The summed E-state index contributed by atoms with van der Waals surface area (Å²) in [5, 5.41) is 0. The Morgan fingerprint density at radius 1 is 1.41 bits per heavy atom. The molecule has 1 rings (SSSR count). The molecule has 0 unspecified atom stereocenters. The minimum Gasteiger partial charge on any atom is -0.466 e. The fourth-order valence-corrected chi connectivity index (χ4v) is 1.98. The molecule has 0 aliphatic carbocycles. The van der Waals surface area contributed by atoms with Gasteiger partial charge in [-0.15, -0.1) is 0 Å². The summed E-state index contributed by atoms with van der Waals surface area (Å²) in [6.45, 7) is 2.06. The molecule has 1 aromatic carbocycles. The Kier molecular flexibility index (Phi) is 5.55. The van der Waals surface area contributed by atoms with Crippen molar-refractivity contribution in [3.05, 3.63) is 33.8 Å². The second kappa shape index (κ2) is 6.69. The monoisotopic (exact) mass is 306 g/mol. The highest BCUT2D eigenvalue weighted by atomic mass is 79.9. The van der Waals surface area contributed by atoms with Crippen molar-refractivity contribution in [3.8, 4) is 0 Å². The fourth-order valence-electron chi connectivity index (χ4n) is 1.43. The van der Waals surface area contributed by atoms with Crippen LogP contribution in [0.25, 0.3) is 0 Å². The average Bonchev–Trinajstić information content (AvgIpc) is 2.26. The SMILES string of the molecule is CCOC(=O)CCc1cc(Br)cc(C(F)F)c1. The Morgan fingerprint density at radius 3 is 2.71 bits per heavy atom. The van der Waals surface area contributed by atoms with E-state index in [-0.39, 0.29) is 18.0 Å². The van der Waals surface area contributed by atoms with Gasteiger partial charge in [-0.3, -0.25) is 4.79 Å². The third-order valence-electron chi connectivity index (χ3n) is 2.16. The summed E-state index contributed by atoms with van der Waals surface area (Å²) in [5.41, 5.74) is 0.654. The zero-order chi connectivity index (χ0) is 12.8. The van der Waals surface area contributed by atoms with Gasteiger partial charge in [-0.1, -0.05) is 22.0 Å². The predicted molar refractivity (Wildman–Crippen MR) is 64.1 cm³/mol. The van der Waals surface area contributed by atoms with E-state index in [1.807, 2.05) is 0 Å². The Balaban J connectivity index is 2.68. The number of alkyl halides is 2. The number of hydrogen-bond acceptors (Lipinski definition) is 2. The Morgan fingerprint density at radius 2 is 2.12 bits per heavy atom. The van der Waals surface area contributed by atoms with Gasteiger partial charge in [0, 0.05) is 16.5 Å². The van der Waals surface area contributed by atoms with Crippen molar-refractivity contribution in [2.24, 2.45) is 0 Å². The Labute approximate surface area is 107 Å². The molecule has 2 nitrogen and oxygen atoms in total. The third kappa shape index (κ3) is 4.81. The number of halogens is 3. The molecule has 5 heteroatoms. The maximum atomic E-state index is 12.5. The number of aryl methyl sites for hydroxylation is 1. The van der Waals surface area contributed by atoms with E-state index in [1.165, 1.54) is 12.1 Å². The van der Waals surface area contributed by atoms with E-state index in [0.717, 1.165) is 0 Å². The van der Waals surface area contributed by atoms with Crippen LogP contribution >= 0.6 is 15.9 Å². The van der Waals surface area contributed by atoms with Gasteiger partial charge in [0.1, 0.15) is 0 Å². The van der Waals surface area contributed by atoms with Crippen molar-refractivity contribution in [1.29, 1.82) is 0 Å². The smallest absolute Gasteiger partial charge is 0.306 e. The summed E-state index contributed by atoms with van der Waals surface area (Å²) in [6, 6.07) is 4.51. The van der Waals surface area contributed by atoms with E-state index in [2.05, 4.69) is 15.9 Å². The lowest BCUT2D eigenvalue weighted by Crippen LogP contribution is -2.05. The van der Waals surface area contributed by atoms with Gasteiger partial charge in [-0.25, -0.2) is 8.78 Å². The minimum atomic E-state index is -2.51. The van der Waals surface area contributed by atoms with Gasteiger partial charge < -0.3 is 4.74 Å². The molecule has 0 aliphatic heterocycles. The van der Waals surface area contributed by atoms with Crippen molar-refractivity contribution < 1.29 is 18.3 Å². The van der Waals surface area contributed by atoms with E-state index in [0.29, 0.717) is 23.1 Å². The molecule has 0 aromatic heterocycles. The standard InChI is InChI=1S/C12H13BrF2O2/c1-2-17-11(16)4-3-8-5-9(12(14)15)7-10(13)6-8/h5-7,12H,2-4H2,1H3. The number of rotatable bonds is 5. The van der Waals surface area contributed by atoms with E-state index in [1.54, 1.807) is 13.0 Å². The molecule has 94 valence electrons. The normalized spacial score (nSPS) is 10.6. The van der Waals surface area contributed by atoms with E-state index in [9.17, 15) is 13.6 Å². The number of benzene rings is 1. The van der Waals surface area contributed by atoms with Crippen LogP contribution in [0.5, 0.6) is 0 Å². The molecule has 0 bridgehead atoms. The van der Waals surface area contributed by atoms with Crippen molar-refractivity contribution in [3.63, 3.8) is 0 Å². The average molecular weight is 307 g/mol. The van der Waals surface area contributed by atoms with E-state index < -0.39 is 6.43 Å². The number of esters is 1. The molecule has 17 heavy (non-hydrogen) atoms. The largest absolute Gasteiger partial charge is 0.466 e. The van der Waals surface area contributed by atoms with Crippen LogP contribution in [-0.2, 0) is 16.0 Å². The summed E-state index contributed by atoms with van der Waals surface area (Å²) in [4.78, 5) is 11.1. The first-order valence-electron chi connectivity index (χ1n) is 5.26. The molecule has 1 aromatic rings. The zero-order valence-corrected chi connectivity index (χ0v) is 11.0. The number of hydrogen-bond donors (Lipinski definition) is 0. The number of ether oxygens (including phenoxy) is 1. The van der Waals surface area contributed by atoms with Crippen LogP contribution in [0.15, 0.2) is 22.7 Å². The molecule has 0 saturated carbocycles. The van der Waals surface area contributed by atoms with Crippen molar-refractivity contribution in [2.45, 2.75) is 26.2 Å². The first-order valence-corrected chi connectivity index (χ1v) is 6.05. The van der Waals surface area contributed by atoms with Crippen molar-refractivity contribution in [1.82, 2.24) is 0 Å². The van der Waals surface area contributed by atoms with Gasteiger partial charge in [0.05, 0.1) is 6.61 Å². The summed E-state index contributed by atoms with van der Waals surface area (Å²) in [7, 11) is 0. The molecular weight excluding hydrogens is 294 g/mol. The molecule has 0 fully saturated rings. The van der Waals surface area contributed by atoms with E-state index in [4.69, 9.17) is 4.74 Å². The van der Waals surface area contributed by atoms with Crippen molar-refractivity contribution >= 4 is 21.9 Å². The molecule has 0 atom stereocenters. The van der Waals surface area contributed by atoms with Gasteiger partial charge >= 0.3 is 5.97 Å². The minimum absolute atomic E-state index is 0.0433. The van der Waals surface area contributed by atoms with Gasteiger partial charge in [0.2, 0.25) is 0 Å². The fraction of sp³-hybridized carbons (Fsp3) is 0.417. The molecule has 0 N–H and O–H groups in total. The summed E-state index contributed by atoms with van der Waals surface area (Å²) in [5.74, 6) is -0.314. The lowest BCUT2D eigenvalue weighted by molar-refractivity contribution is -0.143. The molecule has 0 saturated heterocycles. The lowest BCUT2D eigenvalue weighted by Gasteiger charge is -2.06. The highest BCUT2D eigenvalue weighted by Gasteiger charge is 2.10. The Bertz CT molecular complexity index is 394. The third-order valence-corrected chi connectivity index (χ3v) is 2.61. The van der Waals surface area contributed by atoms with Gasteiger partial charge in [-0.2, -0.15) is 0 Å². The molecule has 0 spiro atoms. The molecule has 0 heterocycles. The number of carbonyl (C=O) groups excluding carboxylic acids is 1. The first-order chi connectivity index (χ1) is 8.02. The summed E-state index contributed by atoms with van der Waals surface area (Å²) >= 11 is 3.17. The highest BCUT2D eigenvalue weighted by Crippen LogP contribution is 2.25. The molecule has 0 radical (unpaired) electrons. The van der Waals surface area contributed by atoms with E-state index >= 15 is 0 Å². The number of carbonyl (C=O) groups is 1. The van der Waals surface area contributed by atoms with Crippen LogP contribution in [0.1, 0.15) is 30.9 Å². The maximum Gasteiger partial charge on any atom is 0.306 e. The van der Waals surface area contributed by atoms with Crippen LogP contribution < -0.4 is 0 Å². The predicted octanol–water partition coefficient (Wildman–Crippen LogP) is 3.88. The second-order valence-electron chi connectivity index (χ2n) is 3.50. The molecular formula is C12H13BrF2O2. The summed E-state index contributed by atoms with van der Waals surface area (Å²) in [6.07, 6.45) is -1.90. The van der Waals surface area contributed by atoms with Crippen LogP contribution in [0, 0.1) is 0 Å². The van der Waals surface area contributed by atoms with Gasteiger partial charge in [-0.05, 0) is 31.0 Å². The molecule has 0 aliphatic rings. The Hall–Kier alpha value is -0.970.